The predicted octanol–water partition coefficient (Wildman–Crippen LogP) is 4.46. The third kappa shape index (κ3) is 3.59. The minimum Gasteiger partial charge on any atom is -0.433 e. The normalized spacial score (nSPS) is 20.1. The molecule has 2 atom stereocenters. The van der Waals surface area contributed by atoms with Crippen molar-refractivity contribution in [2.24, 2.45) is 0 Å². The van der Waals surface area contributed by atoms with Crippen LogP contribution in [0.25, 0.3) is 10.9 Å². The van der Waals surface area contributed by atoms with Gasteiger partial charge in [0, 0.05) is 31.2 Å². The minimum absolute atomic E-state index is 0.0912. The number of hydrogen-bond donors (Lipinski definition) is 2. The van der Waals surface area contributed by atoms with Crippen LogP contribution in [0.5, 0.6) is 5.75 Å². The van der Waals surface area contributed by atoms with Crippen molar-refractivity contribution in [3.05, 3.63) is 47.2 Å². The van der Waals surface area contributed by atoms with E-state index >= 15 is 0 Å². The lowest BCUT2D eigenvalue weighted by molar-refractivity contribution is -0.0499. The van der Waals surface area contributed by atoms with E-state index in [0.717, 1.165) is 19.0 Å². The molecule has 5 rings (SSSR count). The summed E-state index contributed by atoms with van der Waals surface area (Å²) in [6, 6.07) is 5.58. The number of rotatable bonds is 5. The number of nitrogens with one attached hydrogen (secondary N) is 2. The third-order valence-corrected chi connectivity index (χ3v) is 5.92. The maximum Gasteiger partial charge on any atom is 0.387 e. The summed E-state index contributed by atoms with van der Waals surface area (Å²) in [5.41, 5.74) is 0.871. The molecule has 11 heteroatoms. The summed E-state index contributed by atoms with van der Waals surface area (Å²) >= 11 is 5.85. The number of halogens is 5. The van der Waals surface area contributed by atoms with Crippen molar-refractivity contribution < 1.29 is 22.3 Å². The average Bonchev–Trinajstić information content (AvgIpc) is 3.36. The molecule has 0 saturated carbocycles. The van der Waals surface area contributed by atoms with Gasteiger partial charge < -0.3 is 20.3 Å². The predicted molar refractivity (Wildman–Crippen MR) is 108 cm³/mol. The zero-order valence-electron chi connectivity index (χ0n) is 15.9. The summed E-state index contributed by atoms with van der Waals surface area (Å²) in [6.07, 6.45) is 2.18. The molecule has 0 unspecified atom stereocenters. The van der Waals surface area contributed by atoms with Crippen LogP contribution < -0.4 is 20.3 Å². The molecule has 2 aliphatic heterocycles. The Bertz CT molecular complexity index is 1160. The minimum atomic E-state index is -3.13. The molecular formula is C20H16ClF4N5O. The van der Waals surface area contributed by atoms with Gasteiger partial charge in [-0.25, -0.2) is 18.7 Å². The van der Waals surface area contributed by atoms with Gasteiger partial charge in [0.15, 0.2) is 5.82 Å². The highest BCUT2D eigenvalue weighted by atomic mass is 35.5. The Kier molecular flexibility index (Phi) is 4.98. The monoisotopic (exact) mass is 453 g/mol. The first-order chi connectivity index (χ1) is 14.9. The van der Waals surface area contributed by atoms with E-state index in [4.69, 9.17) is 11.6 Å². The topological polar surface area (TPSA) is 62.3 Å². The smallest absolute Gasteiger partial charge is 0.387 e. The number of alkyl halides is 2. The van der Waals surface area contributed by atoms with Gasteiger partial charge in [0.1, 0.15) is 28.7 Å². The Hall–Kier alpha value is -2.85. The summed E-state index contributed by atoms with van der Waals surface area (Å²) in [5.74, 6) is -1.64. The highest BCUT2D eigenvalue weighted by molar-refractivity contribution is 6.32. The van der Waals surface area contributed by atoms with E-state index in [1.54, 1.807) is 0 Å². The second-order valence-electron chi connectivity index (χ2n) is 7.43. The van der Waals surface area contributed by atoms with Crippen molar-refractivity contribution in [3.63, 3.8) is 0 Å². The maximum atomic E-state index is 14.7. The Morgan fingerprint density at radius 1 is 1.23 bits per heavy atom. The van der Waals surface area contributed by atoms with Gasteiger partial charge in [-0.3, -0.25) is 0 Å². The summed E-state index contributed by atoms with van der Waals surface area (Å²) < 4.78 is 58.2. The van der Waals surface area contributed by atoms with Crippen LogP contribution in [-0.4, -0.2) is 41.8 Å². The lowest BCUT2D eigenvalue weighted by atomic mass is 10.1. The molecule has 2 N–H and O–H groups in total. The number of anilines is 3. The molecular weight excluding hydrogens is 438 g/mol. The molecule has 2 aliphatic rings. The zero-order chi connectivity index (χ0) is 21.7. The van der Waals surface area contributed by atoms with Gasteiger partial charge in [-0.2, -0.15) is 8.78 Å². The molecule has 1 aromatic heterocycles. The fourth-order valence-corrected chi connectivity index (χ4v) is 4.47. The molecule has 0 spiro atoms. The van der Waals surface area contributed by atoms with Crippen LogP contribution in [-0.2, 0) is 0 Å². The van der Waals surface area contributed by atoms with Crippen LogP contribution in [0.3, 0.4) is 0 Å². The summed E-state index contributed by atoms with van der Waals surface area (Å²) in [4.78, 5) is 10.5. The number of piperazine rings is 1. The fraction of sp³-hybridized carbons (Fsp3) is 0.300. The van der Waals surface area contributed by atoms with Gasteiger partial charge >= 0.3 is 6.61 Å². The van der Waals surface area contributed by atoms with Crippen molar-refractivity contribution in [2.45, 2.75) is 25.1 Å². The fourth-order valence-electron chi connectivity index (χ4n) is 4.26. The SMILES string of the molecule is Fc1cc(N2C[C@@H]3C[C@H]2CN3)c2c(Nc3ccc(OC(F)F)c(Cl)c3F)ncnc2c1. The van der Waals surface area contributed by atoms with Crippen LogP contribution in [0, 0.1) is 11.6 Å². The van der Waals surface area contributed by atoms with Crippen molar-refractivity contribution in [2.75, 3.05) is 23.3 Å². The van der Waals surface area contributed by atoms with E-state index in [9.17, 15) is 17.6 Å². The van der Waals surface area contributed by atoms with E-state index in [0.29, 0.717) is 29.2 Å². The molecule has 6 nitrogen and oxygen atoms in total. The second kappa shape index (κ2) is 7.69. The zero-order valence-corrected chi connectivity index (χ0v) is 16.6. The molecule has 0 radical (unpaired) electrons. The van der Waals surface area contributed by atoms with Gasteiger partial charge in [0.2, 0.25) is 0 Å². The molecule has 2 saturated heterocycles. The van der Waals surface area contributed by atoms with Crippen LogP contribution in [0.1, 0.15) is 6.42 Å². The molecule has 2 bridgehead atoms. The number of nitrogens with zero attached hydrogens (tertiary/aromatic N) is 3. The number of fused-ring (bicyclic) bond motifs is 3. The van der Waals surface area contributed by atoms with Gasteiger partial charge in [0.05, 0.1) is 22.3 Å². The molecule has 3 aromatic rings. The first-order valence-electron chi connectivity index (χ1n) is 9.55. The molecule has 2 fully saturated rings. The quantitative estimate of drug-likeness (QED) is 0.556. The summed E-state index contributed by atoms with van der Waals surface area (Å²) in [5, 5.41) is 6.18. The largest absolute Gasteiger partial charge is 0.433 e. The van der Waals surface area contributed by atoms with Gasteiger partial charge in [-0.15, -0.1) is 0 Å². The van der Waals surface area contributed by atoms with Crippen LogP contribution in [0.15, 0.2) is 30.6 Å². The van der Waals surface area contributed by atoms with Crippen LogP contribution in [0.4, 0.5) is 34.8 Å². The summed E-state index contributed by atoms with van der Waals surface area (Å²) in [7, 11) is 0. The maximum absolute atomic E-state index is 14.7. The number of benzene rings is 2. The van der Waals surface area contributed by atoms with Crippen molar-refractivity contribution in [1.82, 2.24) is 15.3 Å². The Morgan fingerprint density at radius 2 is 2.06 bits per heavy atom. The van der Waals surface area contributed by atoms with Crippen LogP contribution in [0.2, 0.25) is 5.02 Å². The standard InChI is InChI=1S/C20H16ClF4N5O/c21-17-15(31-20(24)25)2-1-12(18(17)23)29-19-16-13(27-8-28-19)3-9(22)4-14(16)30-7-10-5-11(30)6-26-10/h1-4,8,10-11,20,26H,5-7H2,(H,27,28,29)/t10-,11-/m0/s1. The Labute approximate surface area is 179 Å². The molecule has 2 aromatic carbocycles. The van der Waals surface area contributed by atoms with E-state index in [1.807, 2.05) is 0 Å². The highest BCUT2D eigenvalue weighted by Gasteiger charge is 2.38. The van der Waals surface area contributed by atoms with E-state index in [1.165, 1.54) is 24.5 Å². The van der Waals surface area contributed by atoms with Crippen molar-refractivity contribution in [3.8, 4) is 5.75 Å². The molecule has 31 heavy (non-hydrogen) atoms. The van der Waals surface area contributed by atoms with E-state index in [-0.39, 0.29) is 17.5 Å². The number of ether oxygens (including phenoxy) is 1. The van der Waals surface area contributed by atoms with Gasteiger partial charge in [-0.1, -0.05) is 11.6 Å². The van der Waals surface area contributed by atoms with Gasteiger partial charge in [-0.05, 0) is 24.6 Å². The average molecular weight is 454 g/mol. The molecule has 3 heterocycles. The third-order valence-electron chi connectivity index (χ3n) is 5.56. The van der Waals surface area contributed by atoms with Gasteiger partial charge in [0.25, 0.3) is 0 Å². The molecule has 162 valence electrons. The summed E-state index contributed by atoms with van der Waals surface area (Å²) in [6.45, 7) is -1.64. The second-order valence-corrected chi connectivity index (χ2v) is 7.81. The molecule has 0 aliphatic carbocycles. The lowest BCUT2D eigenvalue weighted by Gasteiger charge is -2.31. The van der Waals surface area contributed by atoms with E-state index in [2.05, 4.69) is 30.2 Å². The Balaban J connectivity index is 1.58. The lowest BCUT2D eigenvalue weighted by Crippen LogP contribution is -2.43. The first-order valence-corrected chi connectivity index (χ1v) is 9.92. The first kappa shape index (κ1) is 20.1. The van der Waals surface area contributed by atoms with Crippen molar-refractivity contribution in [1.29, 1.82) is 0 Å². The Morgan fingerprint density at radius 3 is 2.77 bits per heavy atom. The van der Waals surface area contributed by atoms with Crippen molar-refractivity contribution >= 4 is 39.7 Å². The number of hydrogen-bond acceptors (Lipinski definition) is 6. The van der Waals surface area contributed by atoms with Crippen LogP contribution >= 0.6 is 11.6 Å². The number of aromatic nitrogens is 2. The van der Waals surface area contributed by atoms with E-state index < -0.39 is 29.0 Å². The molecule has 0 amide bonds. The highest BCUT2D eigenvalue weighted by Crippen LogP contribution is 2.40.